The number of benzene rings is 2. The van der Waals surface area contributed by atoms with E-state index in [1.54, 1.807) is 20.3 Å². The minimum atomic E-state index is 0.0407. The highest BCUT2D eigenvalue weighted by molar-refractivity contribution is 5.67. The summed E-state index contributed by atoms with van der Waals surface area (Å²) in [5.41, 5.74) is 3.28. The van der Waals surface area contributed by atoms with Crippen molar-refractivity contribution in [3.63, 3.8) is 0 Å². The zero-order chi connectivity index (χ0) is 25.2. The molecule has 1 heterocycles. The number of hydrogen-bond donors (Lipinski definition) is 1. The van der Waals surface area contributed by atoms with Crippen LogP contribution in [0.15, 0.2) is 35.9 Å². The van der Waals surface area contributed by atoms with E-state index in [9.17, 15) is 10.4 Å². The van der Waals surface area contributed by atoms with E-state index in [-0.39, 0.29) is 5.75 Å². The van der Waals surface area contributed by atoms with E-state index in [1.165, 1.54) is 7.11 Å². The van der Waals surface area contributed by atoms with Crippen molar-refractivity contribution in [2.45, 2.75) is 13.0 Å². The van der Waals surface area contributed by atoms with Gasteiger partial charge in [0, 0.05) is 43.9 Å². The Bertz CT molecular complexity index is 1060. The zero-order valence-corrected chi connectivity index (χ0v) is 21.0. The quantitative estimate of drug-likeness (QED) is 0.489. The van der Waals surface area contributed by atoms with Crippen LogP contribution in [-0.2, 0) is 17.7 Å². The van der Waals surface area contributed by atoms with Crippen molar-refractivity contribution in [3.8, 4) is 29.1 Å². The highest BCUT2D eigenvalue weighted by atomic mass is 16.5. The monoisotopic (exact) mass is 481 g/mol. The summed E-state index contributed by atoms with van der Waals surface area (Å²) in [4.78, 5) is 4.38. The lowest BCUT2D eigenvalue weighted by atomic mass is 10.0. The average molecular weight is 482 g/mol. The van der Waals surface area contributed by atoms with Crippen LogP contribution < -0.4 is 14.2 Å². The lowest BCUT2D eigenvalue weighted by molar-refractivity contribution is 0.0341. The predicted octanol–water partition coefficient (Wildman–Crippen LogP) is 3.33. The molecule has 188 valence electrons. The summed E-state index contributed by atoms with van der Waals surface area (Å²) in [6.45, 7) is 5.10. The van der Waals surface area contributed by atoms with Gasteiger partial charge in [-0.3, -0.25) is 4.90 Å². The number of phenolic OH excluding ortho intramolecular Hbond substituents is 1. The Morgan fingerprint density at radius 2 is 1.74 bits per heavy atom. The van der Waals surface area contributed by atoms with Crippen LogP contribution in [0.1, 0.15) is 16.7 Å². The van der Waals surface area contributed by atoms with Crippen molar-refractivity contribution >= 4 is 6.08 Å². The Balaban J connectivity index is 1.70. The van der Waals surface area contributed by atoms with Crippen LogP contribution in [0, 0.1) is 11.3 Å². The van der Waals surface area contributed by atoms with Crippen LogP contribution in [-0.4, -0.2) is 82.7 Å². The van der Waals surface area contributed by atoms with Crippen LogP contribution in [0.3, 0.4) is 0 Å². The van der Waals surface area contributed by atoms with Gasteiger partial charge in [-0.25, -0.2) is 0 Å². The number of nitriles is 1. The summed E-state index contributed by atoms with van der Waals surface area (Å²) in [5, 5.41) is 20.5. The van der Waals surface area contributed by atoms with Gasteiger partial charge in [0.2, 0.25) is 0 Å². The van der Waals surface area contributed by atoms with Gasteiger partial charge in [-0.15, -0.1) is 0 Å². The molecule has 0 unspecified atom stereocenters. The maximum Gasteiger partial charge on any atom is 0.165 e. The van der Waals surface area contributed by atoms with E-state index in [1.807, 2.05) is 37.4 Å². The van der Waals surface area contributed by atoms with E-state index < -0.39 is 0 Å². The molecule has 2 aromatic carbocycles. The molecule has 0 aliphatic carbocycles. The molecule has 1 fully saturated rings. The van der Waals surface area contributed by atoms with Crippen molar-refractivity contribution in [2.24, 2.45) is 0 Å². The number of rotatable bonds is 11. The molecule has 35 heavy (non-hydrogen) atoms. The molecule has 1 aliphatic rings. The van der Waals surface area contributed by atoms with E-state index in [4.69, 9.17) is 18.9 Å². The van der Waals surface area contributed by atoms with Gasteiger partial charge in [0.05, 0.1) is 40.6 Å². The summed E-state index contributed by atoms with van der Waals surface area (Å²) < 4.78 is 21.5. The summed E-state index contributed by atoms with van der Waals surface area (Å²) in [6, 6.07) is 11.9. The summed E-state index contributed by atoms with van der Waals surface area (Å²) in [7, 11) is 6.75. The van der Waals surface area contributed by atoms with Gasteiger partial charge >= 0.3 is 0 Å². The smallest absolute Gasteiger partial charge is 0.165 e. The number of aromatic hydroxyl groups is 1. The van der Waals surface area contributed by atoms with Crippen molar-refractivity contribution in [1.29, 1.82) is 5.26 Å². The fraction of sp³-hybridized carbons (Fsp3) is 0.444. The Morgan fingerprint density at radius 3 is 2.40 bits per heavy atom. The van der Waals surface area contributed by atoms with Gasteiger partial charge in [-0.2, -0.15) is 5.26 Å². The molecule has 8 heteroatoms. The van der Waals surface area contributed by atoms with Gasteiger partial charge in [0.25, 0.3) is 0 Å². The van der Waals surface area contributed by atoms with E-state index in [2.05, 4.69) is 15.9 Å². The highest BCUT2D eigenvalue weighted by Crippen LogP contribution is 2.33. The van der Waals surface area contributed by atoms with E-state index in [0.29, 0.717) is 34.9 Å². The summed E-state index contributed by atoms with van der Waals surface area (Å²) in [5.74, 6) is 1.84. The Labute approximate surface area is 207 Å². The third-order valence-corrected chi connectivity index (χ3v) is 6.04. The number of likely N-dealkylation sites (N-methyl/N-ethyl adjacent to an activating group) is 1. The normalized spacial score (nSPS) is 14.6. The Hall–Kier alpha value is -3.25. The number of nitrogens with zero attached hydrogens (tertiary/aromatic N) is 3. The third-order valence-electron chi connectivity index (χ3n) is 6.04. The third kappa shape index (κ3) is 7.36. The first-order valence-electron chi connectivity index (χ1n) is 11.7. The Morgan fingerprint density at radius 1 is 1.06 bits per heavy atom. The van der Waals surface area contributed by atoms with Crippen molar-refractivity contribution in [2.75, 3.05) is 67.8 Å². The maximum absolute atomic E-state index is 10.7. The van der Waals surface area contributed by atoms with Crippen molar-refractivity contribution < 1.29 is 24.1 Å². The lowest BCUT2D eigenvalue weighted by Gasteiger charge is -2.27. The molecule has 0 atom stereocenters. The second-order valence-electron chi connectivity index (χ2n) is 8.58. The van der Waals surface area contributed by atoms with E-state index in [0.717, 1.165) is 56.9 Å². The Kier molecular flexibility index (Phi) is 9.79. The minimum absolute atomic E-state index is 0.0407. The van der Waals surface area contributed by atoms with Gasteiger partial charge < -0.3 is 29.0 Å². The molecule has 0 radical (unpaired) electrons. The highest BCUT2D eigenvalue weighted by Gasteiger charge is 2.15. The van der Waals surface area contributed by atoms with Crippen molar-refractivity contribution in [1.82, 2.24) is 9.80 Å². The maximum atomic E-state index is 10.7. The SMILES string of the molecule is COc1ccc(CCN(C)CC(C#N)=Cc2cc(CN3CCOCC3)cc(OC)c2O)cc1OC. The number of phenols is 1. The lowest BCUT2D eigenvalue weighted by Crippen LogP contribution is -2.35. The first-order chi connectivity index (χ1) is 17.0. The van der Waals surface area contributed by atoms with Crippen LogP contribution in [0.2, 0.25) is 0 Å². The first kappa shape index (κ1) is 26.4. The molecule has 1 N–H and O–H groups in total. The van der Waals surface area contributed by atoms with Gasteiger partial charge in [0.1, 0.15) is 0 Å². The molecule has 1 aliphatic heterocycles. The summed E-state index contributed by atoms with van der Waals surface area (Å²) >= 11 is 0. The second-order valence-corrected chi connectivity index (χ2v) is 8.58. The van der Waals surface area contributed by atoms with Gasteiger partial charge in [-0.05, 0) is 54.9 Å². The standard InChI is InChI=1S/C27H35N3O5/c1-29(8-7-20-5-6-24(32-2)25(15-20)33-3)18-22(17-28)14-23-13-21(16-26(34-4)27(23)31)19-30-9-11-35-12-10-30/h5-6,13-16,31H,7-12,18-19H2,1-4H3. The fourth-order valence-electron chi connectivity index (χ4n) is 4.09. The van der Waals surface area contributed by atoms with Gasteiger partial charge in [-0.1, -0.05) is 6.07 Å². The molecular formula is C27H35N3O5. The summed E-state index contributed by atoms with van der Waals surface area (Å²) in [6.07, 6.45) is 2.54. The number of methoxy groups -OCH3 is 3. The van der Waals surface area contributed by atoms with Crippen LogP contribution in [0.4, 0.5) is 0 Å². The zero-order valence-electron chi connectivity index (χ0n) is 21.0. The molecule has 3 rings (SSSR count). The molecule has 0 spiro atoms. The minimum Gasteiger partial charge on any atom is -0.504 e. The van der Waals surface area contributed by atoms with Crippen LogP contribution >= 0.6 is 0 Å². The largest absolute Gasteiger partial charge is 0.504 e. The second kappa shape index (κ2) is 13.0. The number of morpholine rings is 1. The molecule has 1 saturated heterocycles. The number of ether oxygens (including phenoxy) is 4. The average Bonchev–Trinajstić information content (AvgIpc) is 2.89. The molecule has 8 nitrogen and oxygen atoms in total. The fourth-order valence-corrected chi connectivity index (χ4v) is 4.09. The van der Waals surface area contributed by atoms with Crippen LogP contribution in [0.5, 0.6) is 23.0 Å². The molecule has 0 saturated carbocycles. The molecule has 0 aromatic heterocycles. The van der Waals surface area contributed by atoms with E-state index >= 15 is 0 Å². The van der Waals surface area contributed by atoms with Crippen molar-refractivity contribution in [3.05, 3.63) is 52.6 Å². The predicted molar refractivity (Wildman–Crippen MR) is 135 cm³/mol. The first-order valence-corrected chi connectivity index (χ1v) is 11.7. The molecule has 0 bridgehead atoms. The number of hydrogen-bond acceptors (Lipinski definition) is 8. The molecular weight excluding hydrogens is 446 g/mol. The van der Waals surface area contributed by atoms with Gasteiger partial charge in [0.15, 0.2) is 23.0 Å². The molecule has 0 amide bonds. The van der Waals surface area contributed by atoms with Crippen LogP contribution in [0.25, 0.3) is 6.08 Å². The topological polar surface area (TPSA) is 87.4 Å². The molecule has 2 aromatic rings.